The Morgan fingerprint density at radius 1 is 1.25 bits per heavy atom. The van der Waals surface area contributed by atoms with Crippen LogP contribution in [-0.4, -0.2) is 66.3 Å². The molecule has 0 saturated carbocycles. The number of nitrogens with zero attached hydrogens (tertiary/aromatic N) is 2. The molecule has 0 aromatic heterocycles. The minimum absolute atomic E-state index is 0.0147. The second-order valence-electron chi connectivity index (χ2n) is 5.46. The fraction of sp³-hybridized carbons (Fsp3) is 0.600. The summed E-state index contributed by atoms with van der Waals surface area (Å²) < 4.78 is 0. The molecule has 1 aliphatic rings. The SMILES string of the molecule is CC(c1c(O)cccc1O)N(C)CCN1CCNCC1. The number of likely N-dealkylation sites (N-methyl/N-ethyl adjacent to an activating group) is 1. The highest BCUT2D eigenvalue weighted by Crippen LogP contribution is 2.34. The van der Waals surface area contributed by atoms with Crippen molar-refractivity contribution in [2.24, 2.45) is 0 Å². The fourth-order valence-corrected chi connectivity index (χ4v) is 2.62. The summed E-state index contributed by atoms with van der Waals surface area (Å²) in [6.45, 7) is 8.21. The van der Waals surface area contributed by atoms with Crippen molar-refractivity contribution in [1.29, 1.82) is 0 Å². The summed E-state index contributed by atoms with van der Waals surface area (Å²) in [5, 5.41) is 23.2. The molecule has 1 heterocycles. The number of nitrogens with one attached hydrogen (secondary N) is 1. The highest BCUT2D eigenvalue weighted by Gasteiger charge is 2.19. The Labute approximate surface area is 120 Å². The quantitative estimate of drug-likeness (QED) is 0.750. The van der Waals surface area contributed by atoms with Crippen LogP contribution in [-0.2, 0) is 0 Å². The standard InChI is InChI=1S/C15H25N3O2/c1-12(15-13(19)4-3-5-14(15)20)17(2)10-11-18-8-6-16-7-9-18/h3-5,12,16,19-20H,6-11H2,1-2H3. The number of phenols is 2. The van der Waals surface area contributed by atoms with Crippen LogP contribution in [0.15, 0.2) is 18.2 Å². The first-order valence-electron chi connectivity index (χ1n) is 7.23. The zero-order chi connectivity index (χ0) is 14.5. The lowest BCUT2D eigenvalue weighted by atomic mass is 10.0. The van der Waals surface area contributed by atoms with E-state index in [9.17, 15) is 10.2 Å². The summed E-state index contributed by atoms with van der Waals surface area (Å²) in [7, 11) is 2.03. The lowest BCUT2D eigenvalue weighted by Crippen LogP contribution is -2.46. The fourth-order valence-electron chi connectivity index (χ4n) is 2.62. The van der Waals surface area contributed by atoms with Gasteiger partial charge in [-0.3, -0.25) is 9.80 Å². The van der Waals surface area contributed by atoms with E-state index >= 15 is 0 Å². The van der Waals surface area contributed by atoms with Crippen molar-refractivity contribution < 1.29 is 10.2 Å². The molecule has 2 rings (SSSR count). The summed E-state index contributed by atoms with van der Waals surface area (Å²) in [4.78, 5) is 4.60. The Morgan fingerprint density at radius 3 is 2.45 bits per heavy atom. The van der Waals surface area contributed by atoms with Gasteiger partial charge in [0, 0.05) is 45.3 Å². The molecule has 1 aromatic carbocycles. The van der Waals surface area contributed by atoms with Crippen molar-refractivity contribution in [2.75, 3.05) is 46.3 Å². The van der Waals surface area contributed by atoms with Gasteiger partial charge >= 0.3 is 0 Å². The van der Waals surface area contributed by atoms with Crippen LogP contribution in [0.25, 0.3) is 0 Å². The number of hydrogen-bond acceptors (Lipinski definition) is 5. The van der Waals surface area contributed by atoms with E-state index < -0.39 is 0 Å². The Kier molecular flexibility index (Phi) is 5.23. The predicted octanol–water partition coefficient (Wildman–Crippen LogP) is 0.996. The second kappa shape index (κ2) is 6.92. The second-order valence-corrected chi connectivity index (χ2v) is 5.46. The van der Waals surface area contributed by atoms with Gasteiger partial charge in [-0.1, -0.05) is 6.07 Å². The molecular weight excluding hydrogens is 254 g/mol. The smallest absolute Gasteiger partial charge is 0.124 e. The van der Waals surface area contributed by atoms with Crippen LogP contribution in [0.4, 0.5) is 0 Å². The third-order valence-electron chi connectivity index (χ3n) is 4.12. The molecule has 1 unspecified atom stereocenters. The Morgan fingerprint density at radius 2 is 1.85 bits per heavy atom. The van der Waals surface area contributed by atoms with Crippen molar-refractivity contribution in [3.8, 4) is 11.5 Å². The van der Waals surface area contributed by atoms with Crippen LogP contribution in [0.2, 0.25) is 0 Å². The first-order chi connectivity index (χ1) is 9.59. The number of piperazine rings is 1. The van der Waals surface area contributed by atoms with Gasteiger partial charge in [-0.15, -0.1) is 0 Å². The van der Waals surface area contributed by atoms with E-state index in [-0.39, 0.29) is 17.5 Å². The number of rotatable bonds is 5. The van der Waals surface area contributed by atoms with Crippen LogP contribution in [0.5, 0.6) is 11.5 Å². The van der Waals surface area contributed by atoms with Crippen LogP contribution < -0.4 is 5.32 Å². The van der Waals surface area contributed by atoms with Gasteiger partial charge in [0.2, 0.25) is 0 Å². The molecule has 3 N–H and O–H groups in total. The zero-order valence-corrected chi connectivity index (χ0v) is 12.3. The summed E-state index contributed by atoms with van der Waals surface area (Å²) in [6.07, 6.45) is 0. The van der Waals surface area contributed by atoms with Gasteiger partial charge in [-0.2, -0.15) is 0 Å². The average molecular weight is 279 g/mol. The molecule has 1 atom stereocenters. The molecule has 5 heteroatoms. The molecule has 112 valence electrons. The van der Waals surface area contributed by atoms with E-state index in [1.165, 1.54) is 0 Å². The molecular formula is C15H25N3O2. The summed E-state index contributed by atoms with van der Waals surface area (Å²) in [5.74, 6) is 0.318. The summed E-state index contributed by atoms with van der Waals surface area (Å²) in [6, 6.07) is 4.88. The molecule has 0 spiro atoms. The van der Waals surface area contributed by atoms with Crippen LogP contribution >= 0.6 is 0 Å². The van der Waals surface area contributed by atoms with Crippen molar-refractivity contribution in [2.45, 2.75) is 13.0 Å². The highest BCUT2D eigenvalue weighted by molar-refractivity contribution is 5.44. The summed E-state index contributed by atoms with van der Waals surface area (Å²) >= 11 is 0. The van der Waals surface area contributed by atoms with Crippen LogP contribution in [0.3, 0.4) is 0 Å². The van der Waals surface area contributed by atoms with Crippen LogP contribution in [0.1, 0.15) is 18.5 Å². The molecule has 0 radical (unpaired) electrons. The van der Waals surface area contributed by atoms with Crippen LogP contribution in [0, 0.1) is 0 Å². The molecule has 0 amide bonds. The normalized spacial score (nSPS) is 18.4. The Balaban J connectivity index is 1.92. The predicted molar refractivity (Wildman–Crippen MR) is 80.1 cm³/mol. The van der Waals surface area contributed by atoms with E-state index in [1.54, 1.807) is 18.2 Å². The molecule has 0 bridgehead atoms. The van der Waals surface area contributed by atoms with Crippen molar-refractivity contribution in [3.05, 3.63) is 23.8 Å². The maximum Gasteiger partial charge on any atom is 0.124 e. The first kappa shape index (κ1) is 15.1. The van der Waals surface area contributed by atoms with Gasteiger partial charge < -0.3 is 15.5 Å². The van der Waals surface area contributed by atoms with E-state index in [0.717, 1.165) is 39.3 Å². The lowest BCUT2D eigenvalue weighted by Gasteiger charge is -2.31. The maximum atomic E-state index is 9.92. The maximum absolute atomic E-state index is 9.92. The average Bonchev–Trinajstić information content (AvgIpc) is 2.45. The highest BCUT2D eigenvalue weighted by atomic mass is 16.3. The number of phenolic OH excluding ortho intramolecular Hbond substituents is 2. The molecule has 1 aromatic rings. The zero-order valence-electron chi connectivity index (χ0n) is 12.3. The first-order valence-corrected chi connectivity index (χ1v) is 7.23. The minimum Gasteiger partial charge on any atom is -0.507 e. The van der Waals surface area contributed by atoms with Gasteiger partial charge in [0.15, 0.2) is 0 Å². The summed E-state index contributed by atoms with van der Waals surface area (Å²) in [5.41, 5.74) is 0.607. The van der Waals surface area contributed by atoms with E-state index in [2.05, 4.69) is 15.1 Å². The Hall–Kier alpha value is -1.30. The van der Waals surface area contributed by atoms with Gasteiger partial charge in [-0.05, 0) is 26.1 Å². The van der Waals surface area contributed by atoms with Gasteiger partial charge in [0.25, 0.3) is 0 Å². The van der Waals surface area contributed by atoms with Crippen molar-refractivity contribution >= 4 is 0 Å². The molecule has 1 aliphatic heterocycles. The minimum atomic E-state index is -0.0147. The number of benzene rings is 1. The topological polar surface area (TPSA) is 59.0 Å². The third kappa shape index (κ3) is 3.62. The molecule has 0 aliphatic carbocycles. The number of aromatic hydroxyl groups is 2. The van der Waals surface area contributed by atoms with E-state index in [1.807, 2.05) is 14.0 Å². The van der Waals surface area contributed by atoms with E-state index in [0.29, 0.717) is 5.56 Å². The monoisotopic (exact) mass is 279 g/mol. The van der Waals surface area contributed by atoms with Crippen molar-refractivity contribution in [3.63, 3.8) is 0 Å². The van der Waals surface area contributed by atoms with E-state index in [4.69, 9.17) is 0 Å². The largest absolute Gasteiger partial charge is 0.507 e. The molecule has 5 nitrogen and oxygen atoms in total. The van der Waals surface area contributed by atoms with Gasteiger partial charge in [0.05, 0.1) is 5.56 Å². The molecule has 20 heavy (non-hydrogen) atoms. The molecule has 1 fully saturated rings. The Bertz CT molecular complexity index is 413. The number of hydrogen-bond donors (Lipinski definition) is 3. The third-order valence-corrected chi connectivity index (χ3v) is 4.12. The van der Waals surface area contributed by atoms with Gasteiger partial charge in [0.1, 0.15) is 11.5 Å². The molecule has 1 saturated heterocycles. The van der Waals surface area contributed by atoms with Crippen molar-refractivity contribution in [1.82, 2.24) is 15.1 Å². The van der Waals surface area contributed by atoms with Gasteiger partial charge in [-0.25, -0.2) is 0 Å². The lowest BCUT2D eigenvalue weighted by molar-refractivity contribution is 0.180.